The average Bonchev–Trinajstić information content (AvgIpc) is 2.70. The minimum absolute atomic E-state index is 0.268. The van der Waals surface area contributed by atoms with E-state index >= 15 is 0 Å². The highest BCUT2D eigenvalue weighted by Gasteiger charge is 2.13. The summed E-state index contributed by atoms with van der Waals surface area (Å²) in [5.41, 5.74) is 0.530. The van der Waals surface area contributed by atoms with Crippen LogP contribution in [0, 0.1) is 6.92 Å². The normalized spacial score (nSPS) is 10.3. The third-order valence-electron chi connectivity index (χ3n) is 2.21. The molecule has 0 bridgehead atoms. The fourth-order valence-electron chi connectivity index (χ4n) is 1.39. The van der Waals surface area contributed by atoms with Crippen LogP contribution in [0.15, 0.2) is 28.7 Å². The molecule has 0 fully saturated rings. The van der Waals surface area contributed by atoms with E-state index in [2.05, 4.69) is 20.9 Å². The first-order chi connectivity index (χ1) is 8.56. The number of thiazole rings is 1. The van der Waals surface area contributed by atoms with E-state index in [1.54, 1.807) is 6.92 Å². The molecule has 0 aliphatic rings. The Bertz CT molecular complexity index is 565. The summed E-state index contributed by atoms with van der Waals surface area (Å²) in [6.07, 6.45) is 0. The molecule has 2 aromatic rings. The van der Waals surface area contributed by atoms with E-state index in [0.717, 1.165) is 21.6 Å². The Hall–Kier alpha value is -1.40. The van der Waals surface area contributed by atoms with Crippen molar-refractivity contribution in [1.29, 1.82) is 0 Å². The summed E-state index contributed by atoms with van der Waals surface area (Å²) in [7, 11) is 0. The molecule has 0 amide bonds. The Balaban J connectivity index is 2.04. The zero-order valence-corrected chi connectivity index (χ0v) is 11.9. The highest BCUT2D eigenvalue weighted by atomic mass is 79.9. The number of rotatable bonds is 4. The number of carbonyl (C=O) groups is 1. The van der Waals surface area contributed by atoms with Crippen LogP contribution in [0.4, 0.5) is 0 Å². The van der Waals surface area contributed by atoms with Gasteiger partial charge in [0, 0.05) is 4.47 Å². The minimum Gasteiger partial charge on any atom is -0.486 e. The Kier molecular flexibility index (Phi) is 3.98. The van der Waals surface area contributed by atoms with Crippen molar-refractivity contribution in [1.82, 2.24) is 4.98 Å². The van der Waals surface area contributed by atoms with E-state index in [4.69, 9.17) is 9.84 Å². The Labute approximate surface area is 116 Å². The predicted molar refractivity (Wildman–Crippen MR) is 72.3 cm³/mol. The zero-order valence-electron chi connectivity index (χ0n) is 9.51. The zero-order chi connectivity index (χ0) is 13.1. The molecule has 0 saturated carbocycles. The lowest BCUT2D eigenvalue weighted by Crippen LogP contribution is -1.94. The van der Waals surface area contributed by atoms with Gasteiger partial charge in [-0.2, -0.15) is 0 Å². The highest BCUT2D eigenvalue weighted by molar-refractivity contribution is 9.10. The van der Waals surface area contributed by atoms with Crippen LogP contribution < -0.4 is 4.74 Å². The van der Waals surface area contributed by atoms with E-state index in [1.807, 2.05) is 24.3 Å². The van der Waals surface area contributed by atoms with Gasteiger partial charge >= 0.3 is 5.97 Å². The molecule has 1 N–H and O–H groups in total. The van der Waals surface area contributed by atoms with Gasteiger partial charge < -0.3 is 9.84 Å². The van der Waals surface area contributed by atoms with Gasteiger partial charge in [-0.15, -0.1) is 11.3 Å². The van der Waals surface area contributed by atoms with Gasteiger partial charge in [-0.05, 0) is 31.2 Å². The van der Waals surface area contributed by atoms with E-state index in [9.17, 15) is 4.79 Å². The summed E-state index contributed by atoms with van der Waals surface area (Å²) < 4.78 is 6.51. The van der Waals surface area contributed by atoms with E-state index in [-0.39, 0.29) is 11.5 Å². The third kappa shape index (κ3) is 3.08. The summed E-state index contributed by atoms with van der Waals surface area (Å²) in [6.45, 7) is 1.96. The largest absolute Gasteiger partial charge is 0.486 e. The molecule has 1 heterocycles. The summed E-state index contributed by atoms with van der Waals surface area (Å²) in [6, 6.07) is 7.43. The van der Waals surface area contributed by atoms with Crippen LogP contribution in [0.25, 0.3) is 0 Å². The maximum absolute atomic E-state index is 10.9. The van der Waals surface area contributed by atoms with Gasteiger partial charge in [-0.1, -0.05) is 15.9 Å². The topological polar surface area (TPSA) is 59.4 Å². The third-order valence-corrected chi connectivity index (χ3v) is 3.86. The second-order valence-electron chi connectivity index (χ2n) is 3.57. The first-order valence-corrected chi connectivity index (χ1v) is 6.75. The quantitative estimate of drug-likeness (QED) is 0.933. The van der Waals surface area contributed by atoms with Crippen molar-refractivity contribution < 1.29 is 14.6 Å². The van der Waals surface area contributed by atoms with Crippen LogP contribution in [0.2, 0.25) is 0 Å². The standard InChI is InChI=1S/C12H10BrNO3S/c1-7-11(12(15)16)18-10(14-7)6-17-9-4-2-8(13)3-5-9/h2-5H,6H2,1H3,(H,15,16). The summed E-state index contributed by atoms with van der Waals surface area (Å²) in [4.78, 5) is 15.3. The molecule has 0 atom stereocenters. The number of hydrogen-bond donors (Lipinski definition) is 1. The molecular formula is C12H10BrNO3S. The number of carboxylic acids is 1. The second-order valence-corrected chi connectivity index (χ2v) is 5.57. The molecular weight excluding hydrogens is 318 g/mol. The number of hydrogen-bond acceptors (Lipinski definition) is 4. The van der Waals surface area contributed by atoms with Gasteiger partial charge in [0.1, 0.15) is 22.2 Å². The number of aromatic carboxylic acids is 1. The van der Waals surface area contributed by atoms with Crippen LogP contribution >= 0.6 is 27.3 Å². The van der Waals surface area contributed by atoms with Crippen molar-refractivity contribution in [3.05, 3.63) is 44.3 Å². The number of aryl methyl sites for hydroxylation is 1. The van der Waals surface area contributed by atoms with E-state index in [1.165, 1.54) is 0 Å². The van der Waals surface area contributed by atoms with Crippen LogP contribution in [0.1, 0.15) is 20.4 Å². The number of benzene rings is 1. The lowest BCUT2D eigenvalue weighted by molar-refractivity contribution is 0.0701. The molecule has 1 aromatic carbocycles. The smallest absolute Gasteiger partial charge is 0.347 e. The lowest BCUT2D eigenvalue weighted by atomic mass is 10.3. The van der Waals surface area contributed by atoms with Crippen molar-refractivity contribution in [3.8, 4) is 5.75 Å². The number of ether oxygens (including phenoxy) is 1. The van der Waals surface area contributed by atoms with Crippen molar-refractivity contribution in [2.24, 2.45) is 0 Å². The number of halogens is 1. The van der Waals surface area contributed by atoms with Gasteiger partial charge in [-0.3, -0.25) is 0 Å². The first-order valence-electron chi connectivity index (χ1n) is 5.14. The minimum atomic E-state index is -0.945. The van der Waals surface area contributed by atoms with Gasteiger partial charge in [-0.25, -0.2) is 9.78 Å². The summed E-state index contributed by atoms with van der Waals surface area (Å²) >= 11 is 4.48. The molecule has 6 heteroatoms. The van der Waals surface area contributed by atoms with Crippen LogP contribution in [-0.4, -0.2) is 16.1 Å². The van der Waals surface area contributed by atoms with Gasteiger partial charge in [0.15, 0.2) is 0 Å². The molecule has 1 aromatic heterocycles. The van der Waals surface area contributed by atoms with Crippen molar-refractivity contribution in [3.63, 3.8) is 0 Å². The SMILES string of the molecule is Cc1nc(COc2ccc(Br)cc2)sc1C(=O)O. The molecule has 4 nitrogen and oxygen atoms in total. The van der Waals surface area contributed by atoms with E-state index < -0.39 is 5.97 Å². The molecule has 0 spiro atoms. The first kappa shape index (κ1) is 13.0. The number of carboxylic acid groups (broad SMARTS) is 1. The van der Waals surface area contributed by atoms with Crippen molar-refractivity contribution in [2.45, 2.75) is 13.5 Å². The molecule has 0 unspecified atom stereocenters. The van der Waals surface area contributed by atoms with Crippen LogP contribution in [-0.2, 0) is 6.61 Å². The lowest BCUT2D eigenvalue weighted by Gasteiger charge is -2.03. The van der Waals surface area contributed by atoms with Crippen molar-refractivity contribution in [2.75, 3.05) is 0 Å². The average molecular weight is 328 g/mol. The number of aromatic nitrogens is 1. The predicted octanol–water partition coefficient (Wildman–Crippen LogP) is 3.49. The highest BCUT2D eigenvalue weighted by Crippen LogP contribution is 2.21. The molecule has 94 valence electrons. The monoisotopic (exact) mass is 327 g/mol. The fraction of sp³-hybridized carbons (Fsp3) is 0.167. The van der Waals surface area contributed by atoms with Gasteiger partial charge in [0.2, 0.25) is 0 Å². The maximum atomic E-state index is 10.9. The Morgan fingerprint density at radius 2 is 2.11 bits per heavy atom. The van der Waals surface area contributed by atoms with E-state index in [0.29, 0.717) is 10.7 Å². The molecule has 18 heavy (non-hydrogen) atoms. The summed E-state index contributed by atoms with van der Waals surface area (Å²) in [5.74, 6) is -0.220. The van der Waals surface area contributed by atoms with Crippen LogP contribution in [0.3, 0.4) is 0 Å². The Morgan fingerprint density at radius 1 is 1.44 bits per heavy atom. The van der Waals surface area contributed by atoms with Gasteiger partial charge in [0.05, 0.1) is 5.69 Å². The molecule has 0 saturated heterocycles. The maximum Gasteiger partial charge on any atom is 0.347 e. The fourth-order valence-corrected chi connectivity index (χ4v) is 2.47. The molecule has 0 aliphatic carbocycles. The molecule has 0 aliphatic heterocycles. The summed E-state index contributed by atoms with van der Waals surface area (Å²) in [5, 5.41) is 9.58. The van der Waals surface area contributed by atoms with Crippen molar-refractivity contribution >= 4 is 33.2 Å². The Morgan fingerprint density at radius 3 is 2.67 bits per heavy atom. The number of nitrogens with zero attached hydrogens (tertiary/aromatic N) is 1. The van der Waals surface area contributed by atoms with Gasteiger partial charge in [0.25, 0.3) is 0 Å². The molecule has 2 rings (SSSR count). The second kappa shape index (κ2) is 5.49. The molecule has 0 radical (unpaired) electrons. The van der Waals surface area contributed by atoms with Crippen LogP contribution in [0.5, 0.6) is 5.75 Å².